The average molecular weight is 318 g/mol. The Kier molecular flexibility index (Phi) is 4.25. The van der Waals surface area contributed by atoms with Gasteiger partial charge in [-0.25, -0.2) is 4.79 Å². The lowest BCUT2D eigenvalue weighted by Gasteiger charge is -2.35. The molecule has 0 aromatic heterocycles. The van der Waals surface area contributed by atoms with E-state index in [-0.39, 0.29) is 5.69 Å². The van der Waals surface area contributed by atoms with Gasteiger partial charge < -0.3 is 10.0 Å². The molecule has 0 spiro atoms. The zero-order valence-corrected chi connectivity index (χ0v) is 11.3. The summed E-state index contributed by atoms with van der Waals surface area (Å²) in [5.74, 6) is -1.12. The predicted molar refractivity (Wildman–Crippen MR) is 70.7 cm³/mol. The van der Waals surface area contributed by atoms with E-state index in [1.165, 1.54) is 4.90 Å². The molecule has 22 heavy (non-hydrogen) atoms. The number of hydrogen-bond acceptors (Lipinski definition) is 4. The Morgan fingerprint density at radius 3 is 2.59 bits per heavy atom. The molecule has 0 bridgehead atoms. The highest BCUT2D eigenvalue weighted by molar-refractivity contribution is 5.78. The molecule has 1 saturated heterocycles. The van der Waals surface area contributed by atoms with E-state index >= 15 is 0 Å². The van der Waals surface area contributed by atoms with Crippen molar-refractivity contribution in [2.45, 2.75) is 31.5 Å². The molecule has 0 amide bonds. The highest BCUT2D eigenvalue weighted by Crippen LogP contribution is 2.39. The number of piperidine rings is 1. The number of anilines is 1. The van der Waals surface area contributed by atoms with Crippen molar-refractivity contribution in [3.63, 3.8) is 0 Å². The zero-order chi connectivity index (χ0) is 16.5. The predicted octanol–water partition coefficient (Wildman–Crippen LogP) is 3.06. The van der Waals surface area contributed by atoms with Crippen LogP contribution in [0.5, 0.6) is 0 Å². The lowest BCUT2D eigenvalue weighted by Crippen LogP contribution is -2.44. The standard InChI is InChI=1S/C13H13F3N2O4/c14-13(15,16)9-7-8(4-5-10(9)18(21)22)17-6-2-1-3-11(17)12(19)20/h4-5,7,11H,1-3,6H2,(H,19,20). The van der Waals surface area contributed by atoms with E-state index in [2.05, 4.69) is 0 Å². The fraction of sp³-hybridized carbons (Fsp3) is 0.462. The summed E-state index contributed by atoms with van der Waals surface area (Å²) in [6, 6.07) is 1.66. The van der Waals surface area contributed by atoms with E-state index in [4.69, 9.17) is 5.11 Å². The second-order valence-corrected chi connectivity index (χ2v) is 5.00. The van der Waals surface area contributed by atoms with Gasteiger partial charge in [-0.05, 0) is 31.4 Å². The maximum Gasteiger partial charge on any atom is 0.423 e. The van der Waals surface area contributed by atoms with E-state index in [1.807, 2.05) is 0 Å². The van der Waals surface area contributed by atoms with Gasteiger partial charge >= 0.3 is 12.1 Å². The van der Waals surface area contributed by atoms with Crippen LogP contribution in [0.4, 0.5) is 24.5 Å². The number of hydrogen-bond donors (Lipinski definition) is 1. The quantitative estimate of drug-likeness (QED) is 0.684. The minimum atomic E-state index is -4.88. The molecule has 1 aliphatic rings. The number of rotatable bonds is 3. The number of benzene rings is 1. The second kappa shape index (κ2) is 5.82. The SMILES string of the molecule is O=C(O)C1CCCCN1c1ccc([N+](=O)[O-])c(C(F)(F)F)c1. The molecule has 2 rings (SSSR count). The van der Waals surface area contributed by atoms with Gasteiger partial charge in [0.15, 0.2) is 0 Å². The molecule has 0 radical (unpaired) electrons. The van der Waals surface area contributed by atoms with Gasteiger partial charge in [0, 0.05) is 18.3 Å². The fourth-order valence-electron chi connectivity index (χ4n) is 2.59. The minimum absolute atomic E-state index is 0.0324. The first-order chi connectivity index (χ1) is 10.2. The molecule has 6 nitrogen and oxygen atoms in total. The van der Waals surface area contributed by atoms with Crippen molar-refractivity contribution in [1.29, 1.82) is 0 Å². The summed E-state index contributed by atoms with van der Waals surface area (Å²) < 4.78 is 38.9. The number of carboxylic acid groups (broad SMARTS) is 1. The molecule has 9 heteroatoms. The van der Waals surface area contributed by atoms with Gasteiger partial charge in [0.25, 0.3) is 5.69 Å². The van der Waals surface area contributed by atoms with Gasteiger partial charge in [-0.2, -0.15) is 13.2 Å². The van der Waals surface area contributed by atoms with Crippen molar-refractivity contribution >= 4 is 17.3 Å². The summed E-state index contributed by atoms with van der Waals surface area (Å²) in [6.45, 7) is 0.298. The number of nitro groups is 1. The van der Waals surface area contributed by atoms with Gasteiger partial charge in [-0.3, -0.25) is 10.1 Å². The summed E-state index contributed by atoms with van der Waals surface area (Å²) in [7, 11) is 0. The van der Waals surface area contributed by atoms with Crippen LogP contribution in [-0.2, 0) is 11.0 Å². The highest BCUT2D eigenvalue weighted by Gasteiger charge is 2.39. The second-order valence-electron chi connectivity index (χ2n) is 5.00. The fourth-order valence-corrected chi connectivity index (χ4v) is 2.59. The Morgan fingerprint density at radius 1 is 1.36 bits per heavy atom. The lowest BCUT2D eigenvalue weighted by molar-refractivity contribution is -0.388. The number of alkyl halides is 3. The van der Waals surface area contributed by atoms with Gasteiger partial charge in [0.2, 0.25) is 0 Å². The van der Waals surface area contributed by atoms with Crippen LogP contribution in [0.1, 0.15) is 24.8 Å². The molecule has 1 N–H and O–H groups in total. The molecule has 1 atom stereocenters. The van der Waals surface area contributed by atoms with Gasteiger partial charge in [0.05, 0.1) is 4.92 Å². The average Bonchev–Trinajstić information content (AvgIpc) is 2.45. The Hall–Kier alpha value is -2.32. The highest BCUT2D eigenvalue weighted by atomic mass is 19.4. The number of halogens is 3. The number of nitrogens with zero attached hydrogens (tertiary/aromatic N) is 2. The Morgan fingerprint density at radius 2 is 2.05 bits per heavy atom. The Balaban J connectivity index is 2.47. The maximum absolute atomic E-state index is 13.0. The number of nitro benzene ring substituents is 1. The van der Waals surface area contributed by atoms with Crippen LogP contribution in [0.25, 0.3) is 0 Å². The van der Waals surface area contributed by atoms with Crippen LogP contribution in [0.15, 0.2) is 18.2 Å². The topological polar surface area (TPSA) is 83.7 Å². The molecule has 120 valence electrons. The van der Waals surface area contributed by atoms with E-state index in [0.29, 0.717) is 31.9 Å². The van der Waals surface area contributed by atoms with Crippen molar-refractivity contribution in [2.75, 3.05) is 11.4 Å². The molecule has 1 aromatic carbocycles. The Bertz CT molecular complexity index is 603. The number of carboxylic acids is 1. The van der Waals surface area contributed by atoms with Crippen LogP contribution in [0, 0.1) is 10.1 Å². The summed E-state index contributed by atoms with van der Waals surface area (Å²) in [5.41, 5.74) is -2.38. The van der Waals surface area contributed by atoms with Gasteiger partial charge in [-0.15, -0.1) is 0 Å². The maximum atomic E-state index is 13.0. The molecule has 1 fully saturated rings. The van der Waals surface area contributed by atoms with E-state index in [0.717, 1.165) is 12.1 Å². The van der Waals surface area contributed by atoms with Crippen molar-refractivity contribution in [3.05, 3.63) is 33.9 Å². The third-order valence-electron chi connectivity index (χ3n) is 3.60. The summed E-state index contributed by atoms with van der Waals surface area (Å²) in [6.07, 6.45) is -3.23. The van der Waals surface area contributed by atoms with Gasteiger partial charge in [0.1, 0.15) is 11.6 Å². The monoisotopic (exact) mass is 318 g/mol. The molecule has 0 saturated carbocycles. The first kappa shape index (κ1) is 16.1. The summed E-state index contributed by atoms with van der Waals surface area (Å²) >= 11 is 0. The molecule has 1 aromatic rings. The van der Waals surface area contributed by atoms with Crippen LogP contribution >= 0.6 is 0 Å². The smallest absolute Gasteiger partial charge is 0.423 e. The van der Waals surface area contributed by atoms with Crippen LogP contribution < -0.4 is 4.90 Å². The van der Waals surface area contributed by atoms with Gasteiger partial charge in [-0.1, -0.05) is 0 Å². The summed E-state index contributed by atoms with van der Waals surface area (Å²) in [4.78, 5) is 22.2. The molecular weight excluding hydrogens is 305 g/mol. The number of carbonyl (C=O) groups is 1. The van der Waals surface area contributed by atoms with E-state index in [9.17, 15) is 28.1 Å². The largest absolute Gasteiger partial charge is 0.480 e. The lowest BCUT2D eigenvalue weighted by atomic mass is 10.0. The zero-order valence-electron chi connectivity index (χ0n) is 11.3. The van der Waals surface area contributed by atoms with Crippen LogP contribution in [0.2, 0.25) is 0 Å². The molecule has 0 aliphatic carbocycles. The molecular formula is C13H13F3N2O4. The minimum Gasteiger partial charge on any atom is -0.480 e. The van der Waals surface area contributed by atoms with Crippen molar-refractivity contribution in [1.82, 2.24) is 0 Å². The van der Waals surface area contributed by atoms with Crippen molar-refractivity contribution in [2.24, 2.45) is 0 Å². The van der Waals surface area contributed by atoms with E-state index < -0.39 is 34.4 Å². The molecule has 1 heterocycles. The van der Waals surface area contributed by atoms with Crippen molar-refractivity contribution in [3.8, 4) is 0 Å². The third-order valence-corrected chi connectivity index (χ3v) is 3.60. The number of aliphatic carboxylic acids is 1. The van der Waals surface area contributed by atoms with E-state index in [1.54, 1.807) is 0 Å². The Labute approximate surface area is 123 Å². The summed E-state index contributed by atoms with van der Waals surface area (Å²) in [5, 5.41) is 19.9. The van der Waals surface area contributed by atoms with Crippen molar-refractivity contribution < 1.29 is 28.0 Å². The third kappa shape index (κ3) is 3.12. The first-order valence-electron chi connectivity index (χ1n) is 6.57. The van der Waals surface area contributed by atoms with Crippen LogP contribution in [0.3, 0.4) is 0 Å². The molecule has 1 unspecified atom stereocenters. The first-order valence-corrected chi connectivity index (χ1v) is 6.57. The molecule has 1 aliphatic heterocycles. The normalized spacial score (nSPS) is 19.0. The van der Waals surface area contributed by atoms with Crippen LogP contribution in [-0.4, -0.2) is 28.6 Å².